The third kappa shape index (κ3) is 3.79. The van der Waals surface area contributed by atoms with Gasteiger partial charge in [0, 0.05) is 68.1 Å². The topological polar surface area (TPSA) is 26.8 Å². The maximum Gasteiger partial charge on any atom is 0.225 e. The van der Waals surface area contributed by atoms with Crippen LogP contribution in [-0.4, -0.2) is 65.1 Å². The van der Waals surface area contributed by atoms with E-state index in [0.29, 0.717) is 5.91 Å². The molecule has 0 aromatic heterocycles. The van der Waals surface area contributed by atoms with E-state index in [9.17, 15) is 4.79 Å². The van der Waals surface area contributed by atoms with Crippen LogP contribution in [0.1, 0.15) is 19.3 Å². The van der Waals surface area contributed by atoms with Gasteiger partial charge in [-0.2, -0.15) is 0 Å². The minimum atomic E-state index is 0.276. The van der Waals surface area contributed by atoms with Crippen molar-refractivity contribution in [2.45, 2.75) is 19.3 Å². The van der Waals surface area contributed by atoms with Gasteiger partial charge in [0.15, 0.2) is 0 Å². The van der Waals surface area contributed by atoms with Gasteiger partial charge in [-0.15, -0.1) is 0 Å². The number of halogens is 1. The minimum Gasteiger partial charge on any atom is -0.340 e. The lowest BCUT2D eigenvalue weighted by molar-refractivity contribution is -0.137. The van der Waals surface area contributed by atoms with Crippen LogP contribution in [0.5, 0.6) is 0 Å². The fourth-order valence-electron chi connectivity index (χ4n) is 2.59. The van der Waals surface area contributed by atoms with Crippen LogP contribution in [-0.2, 0) is 4.79 Å². The molecule has 0 N–H and O–H groups in total. The number of piperazine rings is 1. The number of carbonyl (C=O) groups is 1. The first-order valence-corrected chi connectivity index (χ1v) is 7.51. The Balaban J connectivity index is 1.86. The summed E-state index contributed by atoms with van der Waals surface area (Å²) in [5.41, 5.74) is 0. The maximum absolute atomic E-state index is 12.4. The summed E-state index contributed by atoms with van der Waals surface area (Å²) in [6.07, 6.45) is 3.27. The largest absolute Gasteiger partial charge is 0.340 e. The van der Waals surface area contributed by atoms with Crippen LogP contribution in [0.25, 0.3) is 0 Å². The number of hydrogen-bond donors (Lipinski definition) is 0. The highest BCUT2D eigenvalue weighted by Gasteiger charge is 2.27. The van der Waals surface area contributed by atoms with E-state index in [1.54, 1.807) is 0 Å². The molecule has 1 amide bonds. The molecular weight excluding hydrogens is 329 g/mol. The molecule has 2 saturated heterocycles. The molecule has 5 heteroatoms. The molecule has 2 heterocycles. The van der Waals surface area contributed by atoms with Crippen molar-refractivity contribution >= 4 is 28.8 Å². The Bertz CT molecular complexity index is 266. The lowest BCUT2D eigenvalue weighted by Crippen LogP contribution is -2.49. The summed E-state index contributed by atoms with van der Waals surface area (Å²) in [5.74, 6) is 0.683. The second-order valence-electron chi connectivity index (χ2n) is 5.17. The standard InChI is InChI=1S/C12H22IN3O/c1-14-7-9-15(10-8-14)12(17)11-3-2-5-16(13)6-4-11/h11H,2-10H2,1H3. The van der Waals surface area contributed by atoms with Crippen molar-refractivity contribution in [1.29, 1.82) is 0 Å². The zero-order valence-corrected chi connectivity index (χ0v) is 12.7. The Morgan fingerprint density at radius 1 is 1.06 bits per heavy atom. The van der Waals surface area contributed by atoms with Gasteiger partial charge >= 0.3 is 0 Å². The lowest BCUT2D eigenvalue weighted by Gasteiger charge is -2.34. The zero-order valence-electron chi connectivity index (χ0n) is 10.6. The van der Waals surface area contributed by atoms with E-state index in [1.165, 1.54) is 0 Å². The van der Waals surface area contributed by atoms with Gasteiger partial charge in [-0.3, -0.25) is 4.79 Å². The van der Waals surface area contributed by atoms with Crippen LogP contribution in [0.2, 0.25) is 0 Å². The van der Waals surface area contributed by atoms with Crippen molar-refractivity contribution in [3.8, 4) is 0 Å². The summed E-state index contributed by atoms with van der Waals surface area (Å²) >= 11 is 2.37. The summed E-state index contributed by atoms with van der Waals surface area (Å²) in [6.45, 7) is 6.07. The molecule has 1 atom stereocenters. The predicted molar refractivity (Wildman–Crippen MR) is 77.0 cm³/mol. The van der Waals surface area contributed by atoms with E-state index in [-0.39, 0.29) is 5.92 Å². The molecule has 17 heavy (non-hydrogen) atoms. The van der Waals surface area contributed by atoms with Gasteiger partial charge < -0.3 is 9.80 Å². The number of rotatable bonds is 1. The van der Waals surface area contributed by atoms with Gasteiger partial charge in [0.1, 0.15) is 0 Å². The van der Waals surface area contributed by atoms with Gasteiger partial charge in [-0.25, -0.2) is 3.11 Å². The Morgan fingerprint density at radius 3 is 2.47 bits per heavy atom. The van der Waals surface area contributed by atoms with Crippen LogP contribution < -0.4 is 0 Å². The number of likely N-dealkylation sites (N-methyl/N-ethyl adjacent to an activating group) is 1. The van der Waals surface area contributed by atoms with E-state index in [0.717, 1.165) is 58.5 Å². The van der Waals surface area contributed by atoms with Gasteiger partial charge in [0.25, 0.3) is 0 Å². The summed E-state index contributed by atoms with van der Waals surface area (Å²) < 4.78 is 2.31. The second-order valence-corrected chi connectivity index (χ2v) is 6.53. The summed E-state index contributed by atoms with van der Waals surface area (Å²) in [4.78, 5) is 16.8. The van der Waals surface area contributed by atoms with Crippen molar-refractivity contribution in [3.05, 3.63) is 0 Å². The summed E-state index contributed by atoms with van der Waals surface area (Å²) in [6, 6.07) is 0. The molecule has 2 aliphatic heterocycles. The lowest BCUT2D eigenvalue weighted by atomic mass is 9.98. The third-order valence-electron chi connectivity index (χ3n) is 3.84. The first-order valence-electron chi connectivity index (χ1n) is 6.55. The normalized spacial score (nSPS) is 29.1. The molecule has 2 fully saturated rings. The van der Waals surface area contributed by atoms with Crippen molar-refractivity contribution in [2.75, 3.05) is 46.3 Å². The van der Waals surface area contributed by atoms with Crippen molar-refractivity contribution < 1.29 is 4.79 Å². The van der Waals surface area contributed by atoms with E-state index < -0.39 is 0 Å². The van der Waals surface area contributed by atoms with Gasteiger partial charge in [0.05, 0.1) is 0 Å². The van der Waals surface area contributed by atoms with Crippen LogP contribution in [0, 0.1) is 5.92 Å². The molecular formula is C12H22IN3O. The highest BCUT2D eigenvalue weighted by Crippen LogP contribution is 2.22. The Kier molecular flexibility index (Phi) is 5.05. The Hall–Kier alpha value is 0.120. The molecule has 0 saturated carbocycles. The molecule has 0 aromatic rings. The van der Waals surface area contributed by atoms with Crippen molar-refractivity contribution in [2.24, 2.45) is 5.92 Å². The molecule has 1 unspecified atom stereocenters. The second kappa shape index (κ2) is 6.33. The summed E-state index contributed by atoms with van der Waals surface area (Å²) in [5, 5.41) is 0. The Labute approximate surface area is 118 Å². The highest BCUT2D eigenvalue weighted by atomic mass is 127. The first-order chi connectivity index (χ1) is 8.16. The predicted octanol–water partition coefficient (Wildman–Crippen LogP) is 1.21. The van der Waals surface area contributed by atoms with Crippen LogP contribution in [0.4, 0.5) is 0 Å². The summed E-state index contributed by atoms with van der Waals surface area (Å²) in [7, 11) is 2.13. The van der Waals surface area contributed by atoms with E-state index >= 15 is 0 Å². The molecule has 2 rings (SSSR count). The highest BCUT2D eigenvalue weighted by molar-refractivity contribution is 14.1. The van der Waals surface area contributed by atoms with Crippen LogP contribution in [0.3, 0.4) is 0 Å². The SMILES string of the molecule is CN1CCN(C(=O)C2CCCN(I)CC2)CC1. The number of hydrogen-bond acceptors (Lipinski definition) is 3. The van der Waals surface area contributed by atoms with Crippen molar-refractivity contribution in [1.82, 2.24) is 12.9 Å². The average Bonchev–Trinajstić information content (AvgIpc) is 2.54. The number of carbonyl (C=O) groups excluding carboxylic acids is 1. The monoisotopic (exact) mass is 351 g/mol. The van der Waals surface area contributed by atoms with E-state index in [4.69, 9.17) is 0 Å². The number of amides is 1. The maximum atomic E-state index is 12.4. The molecule has 0 bridgehead atoms. The van der Waals surface area contributed by atoms with Crippen LogP contribution >= 0.6 is 22.9 Å². The minimum absolute atomic E-state index is 0.276. The van der Waals surface area contributed by atoms with Gasteiger partial charge in [-0.05, 0) is 26.3 Å². The number of nitrogens with zero attached hydrogens (tertiary/aromatic N) is 3. The fourth-order valence-corrected chi connectivity index (χ4v) is 3.21. The molecule has 0 aromatic carbocycles. The van der Waals surface area contributed by atoms with E-state index in [2.05, 4.69) is 42.8 Å². The van der Waals surface area contributed by atoms with Crippen molar-refractivity contribution in [3.63, 3.8) is 0 Å². The van der Waals surface area contributed by atoms with Gasteiger partial charge in [0.2, 0.25) is 5.91 Å². The molecule has 4 nitrogen and oxygen atoms in total. The third-order valence-corrected chi connectivity index (χ3v) is 4.80. The Morgan fingerprint density at radius 2 is 1.76 bits per heavy atom. The molecule has 0 radical (unpaired) electrons. The first kappa shape index (κ1) is 13.5. The van der Waals surface area contributed by atoms with E-state index in [1.807, 2.05) is 0 Å². The molecule has 0 spiro atoms. The fraction of sp³-hybridized carbons (Fsp3) is 0.917. The molecule has 0 aliphatic carbocycles. The van der Waals surface area contributed by atoms with Crippen LogP contribution in [0.15, 0.2) is 0 Å². The average molecular weight is 351 g/mol. The molecule has 98 valence electrons. The molecule has 2 aliphatic rings. The van der Waals surface area contributed by atoms with Gasteiger partial charge in [-0.1, -0.05) is 0 Å². The smallest absolute Gasteiger partial charge is 0.225 e. The quantitative estimate of drug-likeness (QED) is 0.525. The zero-order chi connectivity index (χ0) is 12.3.